The normalized spacial score (nSPS) is 28.8. The van der Waals surface area contributed by atoms with E-state index in [9.17, 15) is 9.59 Å². The molecule has 6 atom stereocenters. The van der Waals surface area contributed by atoms with Gasteiger partial charge in [0.1, 0.15) is 18.5 Å². The Bertz CT molecular complexity index is 1410. The SMILES string of the molecule is CCCCC(=O)O[C@H]1C[C@@H](CCC(=O)Nc2ncc(C)s2)C2C3CCc4cc(OCC5=CCCC=C5)ccc4C3CC[C@@]21C. The van der Waals surface area contributed by atoms with Gasteiger partial charge in [0.2, 0.25) is 5.91 Å². The standard InChI is InChI=1S/C37H48N2O4S/c1-4-5-11-34(41)43-32-21-27(13-17-33(40)39-36-38-22-24(2)44-36)35-31-15-12-26-20-28(42-23-25-9-7-6-8-10-25)14-16-29(26)30(31)18-19-37(32,35)3/h7,9-10,14,16,20,22,27,30-32,35H,4-6,8,11-13,15,17-19,21,23H2,1-3H3,(H,38,39,40)/t27-,30?,31?,32+,35?,37-/m1/s1. The predicted molar refractivity (Wildman–Crippen MR) is 176 cm³/mol. The summed E-state index contributed by atoms with van der Waals surface area (Å²) in [6, 6.07) is 6.77. The van der Waals surface area contributed by atoms with E-state index in [1.54, 1.807) is 6.20 Å². The Morgan fingerprint density at radius 3 is 2.84 bits per heavy atom. The number of amides is 1. The maximum absolute atomic E-state index is 13.0. The molecule has 1 N–H and O–H groups in total. The van der Waals surface area contributed by atoms with Gasteiger partial charge < -0.3 is 14.8 Å². The molecule has 2 saturated carbocycles. The van der Waals surface area contributed by atoms with Gasteiger partial charge in [-0.1, -0.05) is 44.6 Å². The van der Waals surface area contributed by atoms with E-state index >= 15 is 0 Å². The van der Waals surface area contributed by atoms with Gasteiger partial charge in [-0.05, 0) is 117 Å². The fourth-order valence-electron chi connectivity index (χ4n) is 8.75. The van der Waals surface area contributed by atoms with Crippen molar-refractivity contribution < 1.29 is 19.1 Å². The van der Waals surface area contributed by atoms with E-state index < -0.39 is 0 Å². The van der Waals surface area contributed by atoms with Crippen molar-refractivity contribution in [3.05, 3.63) is 64.2 Å². The van der Waals surface area contributed by atoms with Crippen molar-refractivity contribution in [2.75, 3.05) is 11.9 Å². The summed E-state index contributed by atoms with van der Waals surface area (Å²) in [7, 11) is 0. The highest BCUT2D eigenvalue weighted by Gasteiger charge is 2.60. The summed E-state index contributed by atoms with van der Waals surface area (Å²) in [6.07, 6.45) is 19.4. The molecule has 236 valence electrons. The van der Waals surface area contributed by atoms with Crippen LogP contribution in [-0.4, -0.2) is 29.6 Å². The lowest BCUT2D eigenvalue weighted by atomic mass is 9.53. The van der Waals surface area contributed by atoms with E-state index in [2.05, 4.69) is 60.6 Å². The van der Waals surface area contributed by atoms with Crippen LogP contribution in [0.5, 0.6) is 5.75 Å². The van der Waals surface area contributed by atoms with Crippen LogP contribution in [0.1, 0.15) is 106 Å². The first kappa shape index (κ1) is 31.1. The minimum absolute atomic E-state index is 0.0257. The first-order chi connectivity index (χ1) is 21.3. The van der Waals surface area contributed by atoms with E-state index in [1.807, 2.05) is 6.92 Å². The van der Waals surface area contributed by atoms with Crippen LogP contribution in [0.3, 0.4) is 0 Å². The highest BCUT2D eigenvalue weighted by Crippen LogP contribution is 2.64. The summed E-state index contributed by atoms with van der Waals surface area (Å²) in [5, 5.41) is 3.67. The topological polar surface area (TPSA) is 77.5 Å². The fourth-order valence-corrected chi connectivity index (χ4v) is 9.43. The molecule has 7 heteroatoms. The Balaban J connectivity index is 1.18. The number of nitrogens with one attached hydrogen (secondary N) is 1. The molecule has 6 nitrogen and oxygen atoms in total. The molecule has 1 heterocycles. The van der Waals surface area contributed by atoms with Crippen LogP contribution < -0.4 is 10.1 Å². The summed E-state index contributed by atoms with van der Waals surface area (Å²) in [5.41, 5.74) is 4.11. The second kappa shape index (κ2) is 13.6. The van der Waals surface area contributed by atoms with Crippen molar-refractivity contribution in [2.45, 2.75) is 110 Å². The first-order valence-corrected chi connectivity index (χ1v) is 17.7. The number of benzene rings is 1. The lowest BCUT2D eigenvalue weighted by Gasteiger charge is -2.51. The van der Waals surface area contributed by atoms with Gasteiger partial charge >= 0.3 is 5.97 Å². The summed E-state index contributed by atoms with van der Waals surface area (Å²) in [5.74, 6) is 2.73. The predicted octanol–water partition coefficient (Wildman–Crippen LogP) is 8.71. The Morgan fingerprint density at radius 1 is 1.18 bits per heavy atom. The second-order valence-corrected chi connectivity index (χ2v) is 15.0. The molecule has 0 radical (unpaired) electrons. The molecule has 2 fully saturated rings. The number of anilines is 1. The molecule has 44 heavy (non-hydrogen) atoms. The lowest BCUT2D eigenvalue weighted by molar-refractivity contribution is -0.157. The number of ether oxygens (including phenoxy) is 2. The lowest BCUT2D eigenvalue weighted by Crippen LogP contribution is -2.46. The second-order valence-electron chi connectivity index (χ2n) is 13.7. The number of fused-ring (bicyclic) bond motifs is 5. The van der Waals surface area contributed by atoms with Crippen LogP contribution in [0, 0.1) is 30.1 Å². The number of aromatic nitrogens is 1. The molecule has 4 aliphatic rings. The van der Waals surface area contributed by atoms with Gasteiger partial charge in [-0.2, -0.15) is 0 Å². The van der Waals surface area contributed by atoms with Crippen LogP contribution in [0.15, 0.2) is 48.2 Å². The molecule has 0 bridgehead atoms. The molecule has 3 unspecified atom stereocenters. The minimum Gasteiger partial charge on any atom is -0.489 e. The van der Waals surface area contributed by atoms with E-state index in [1.165, 1.54) is 28.0 Å². The molecule has 2 aromatic rings. The molecule has 0 spiro atoms. The zero-order valence-electron chi connectivity index (χ0n) is 26.6. The number of aryl methyl sites for hydroxylation is 2. The third-order valence-corrected chi connectivity index (χ3v) is 11.7. The van der Waals surface area contributed by atoms with Gasteiger partial charge in [-0.3, -0.25) is 9.59 Å². The van der Waals surface area contributed by atoms with Gasteiger partial charge in [0.05, 0.1) is 0 Å². The number of carbonyl (C=O) groups excluding carboxylic acids is 2. The first-order valence-electron chi connectivity index (χ1n) is 16.9. The van der Waals surface area contributed by atoms with Crippen molar-refractivity contribution in [2.24, 2.45) is 23.2 Å². The van der Waals surface area contributed by atoms with Crippen LogP contribution in [0.25, 0.3) is 0 Å². The molecule has 1 aromatic heterocycles. The van der Waals surface area contributed by atoms with Crippen molar-refractivity contribution in [3.8, 4) is 5.75 Å². The third-order valence-electron chi connectivity index (χ3n) is 10.9. The number of hydrogen-bond donors (Lipinski definition) is 1. The van der Waals surface area contributed by atoms with Gasteiger partial charge in [0.25, 0.3) is 0 Å². The number of unbranched alkanes of at least 4 members (excludes halogenated alkanes) is 1. The number of thiazole rings is 1. The van der Waals surface area contributed by atoms with Gasteiger partial charge in [0.15, 0.2) is 5.13 Å². The quantitative estimate of drug-likeness (QED) is 0.256. The summed E-state index contributed by atoms with van der Waals surface area (Å²) < 4.78 is 12.5. The number of allylic oxidation sites excluding steroid dienone is 2. The van der Waals surface area contributed by atoms with E-state index in [-0.39, 0.29) is 23.4 Å². The van der Waals surface area contributed by atoms with Crippen molar-refractivity contribution >= 4 is 28.3 Å². The number of carbonyl (C=O) groups is 2. The maximum Gasteiger partial charge on any atom is 0.306 e. The molecule has 4 aliphatic carbocycles. The van der Waals surface area contributed by atoms with Crippen LogP contribution in [0.2, 0.25) is 0 Å². The number of hydrogen-bond acceptors (Lipinski definition) is 6. The van der Waals surface area contributed by atoms with Gasteiger partial charge in [-0.15, -0.1) is 11.3 Å². The van der Waals surface area contributed by atoms with Crippen LogP contribution in [0.4, 0.5) is 5.13 Å². The number of rotatable bonds is 11. The highest BCUT2D eigenvalue weighted by atomic mass is 32.1. The van der Waals surface area contributed by atoms with Gasteiger partial charge in [0, 0.05) is 29.3 Å². The Hall–Kier alpha value is -2.93. The Morgan fingerprint density at radius 2 is 2.07 bits per heavy atom. The zero-order chi connectivity index (χ0) is 30.7. The Kier molecular flexibility index (Phi) is 9.60. The maximum atomic E-state index is 13.0. The summed E-state index contributed by atoms with van der Waals surface area (Å²) in [4.78, 5) is 31.3. The molecule has 0 aliphatic heterocycles. The molecule has 0 saturated heterocycles. The van der Waals surface area contributed by atoms with E-state index in [0.717, 1.165) is 74.8 Å². The molecular weight excluding hydrogens is 568 g/mol. The van der Waals surface area contributed by atoms with Crippen LogP contribution in [-0.2, 0) is 20.7 Å². The van der Waals surface area contributed by atoms with Crippen LogP contribution >= 0.6 is 11.3 Å². The van der Waals surface area contributed by atoms with Crippen molar-refractivity contribution in [1.82, 2.24) is 4.98 Å². The monoisotopic (exact) mass is 616 g/mol. The highest BCUT2D eigenvalue weighted by molar-refractivity contribution is 7.15. The van der Waals surface area contributed by atoms with Gasteiger partial charge in [-0.25, -0.2) is 4.98 Å². The molecule has 6 rings (SSSR count). The molecular formula is C37H48N2O4S. The van der Waals surface area contributed by atoms with E-state index in [4.69, 9.17) is 9.47 Å². The minimum atomic E-state index is -0.0761. The van der Waals surface area contributed by atoms with Crippen molar-refractivity contribution in [1.29, 1.82) is 0 Å². The number of nitrogens with zero attached hydrogens (tertiary/aromatic N) is 1. The average Bonchev–Trinajstić information content (AvgIpc) is 3.57. The average molecular weight is 617 g/mol. The fraction of sp³-hybridized carbons (Fsp3) is 0.595. The molecule has 1 aromatic carbocycles. The smallest absolute Gasteiger partial charge is 0.306 e. The Labute approximate surface area is 266 Å². The summed E-state index contributed by atoms with van der Waals surface area (Å²) >= 11 is 1.51. The third kappa shape index (κ3) is 6.68. The number of esters is 1. The molecule has 1 amide bonds. The van der Waals surface area contributed by atoms with Crippen molar-refractivity contribution in [3.63, 3.8) is 0 Å². The summed E-state index contributed by atoms with van der Waals surface area (Å²) in [6.45, 7) is 7.11. The largest absolute Gasteiger partial charge is 0.489 e. The van der Waals surface area contributed by atoms with E-state index in [0.29, 0.717) is 48.3 Å². The zero-order valence-corrected chi connectivity index (χ0v) is 27.4.